The molecule has 0 bridgehead atoms. The van der Waals surface area contributed by atoms with Crippen molar-refractivity contribution in [2.75, 3.05) is 0 Å². The summed E-state index contributed by atoms with van der Waals surface area (Å²) in [5, 5.41) is 1.31. The van der Waals surface area contributed by atoms with E-state index in [0.29, 0.717) is 4.34 Å². The van der Waals surface area contributed by atoms with E-state index in [1.807, 2.05) is 0 Å². The SMILES string of the molecule is NC(c1csc(Cl)c1)C(F)(F)F. The zero-order valence-corrected chi connectivity index (χ0v) is 7.30. The van der Waals surface area contributed by atoms with Crippen LogP contribution in [0.2, 0.25) is 4.34 Å². The van der Waals surface area contributed by atoms with Crippen LogP contribution in [-0.2, 0) is 0 Å². The third-order valence-corrected chi connectivity index (χ3v) is 2.41. The van der Waals surface area contributed by atoms with E-state index in [1.165, 1.54) is 11.4 Å². The molecule has 2 N–H and O–H groups in total. The minimum absolute atomic E-state index is 0.0116. The Morgan fingerprint density at radius 3 is 2.42 bits per heavy atom. The van der Waals surface area contributed by atoms with Gasteiger partial charge in [0.15, 0.2) is 0 Å². The van der Waals surface area contributed by atoms with Gasteiger partial charge in [-0.3, -0.25) is 0 Å². The van der Waals surface area contributed by atoms with E-state index in [-0.39, 0.29) is 5.56 Å². The summed E-state index contributed by atoms with van der Waals surface area (Å²) in [5.41, 5.74) is 4.92. The van der Waals surface area contributed by atoms with Crippen molar-refractivity contribution in [1.82, 2.24) is 0 Å². The highest BCUT2D eigenvalue weighted by molar-refractivity contribution is 7.14. The van der Waals surface area contributed by atoms with Gasteiger partial charge in [-0.25, -0.2) is 0 Å². The Morgan fingerprint density at radius 1 is 1.50 bits per heavy atom. The maximum atomic E-state index is 12.0. The number of halogens is 4. The third kappa shape index (κ3) is 2.12. The van der Waals surface area contributed by atoms with E-state index in [9.17, 15) is 13.2 Å². The quantitative estimate of drug-likeness (QED) is 0.766. The van der Waals surface area contributed by atoms with Gasteiger partial charge in [0.1, 0.15) is 6.04 Å². The Hall–Kier alpha value is -0.260. The van der Waals surface area contributed by atoms with Gasteiger partial charge in [0.05, 0.1) is 4.34 Å². The molecule has 0 radical (unpaired) electrons. The Labute approximate surface area is 75.9 Å². The molecule has 1 nitrogen and oxygen atoms in total. The fourth-order valence-corrected chi connectivity index (χ4v) is 1.60. The standard InChI is InChI=1S/C6H5ClF3NS/c7-4-1-3(2-12-4)5(11)6(8,9)10/h1-2,5H,11H2. The Balaban J connectivity index is 2.85. The molecule has 1 atom stereocenters. The molecule has 6 heteroatoms. The molecule has 0 aromatic carbocycles. The molecule has 12 heavy (non-hydrogen) atoms. The van der Waals surface area contributed by atoms with Gasteiger partial charge >= 0.3 is 6.18 Å². The van der Waals surface area contributed by atoms with Crippen molar-refractivity contribution in [3.05, 3.63) is 21.3 Å². The van der Waals surface area contributed by atoms with Crippen molar-refractivity contribution in [3.63, 3.8) is 0 Å². The monoisotopic (exact) mass is 215 g/mol. The fourth-order valence-electron chi connectivity index (χ4n) is 0.675. The van der Waals surface area contributed by atoms with Crippen molar-refractivity contribution in [2.45, 2.75) is 12.2 Å². The second-order valence-electron chi connectivity index (χ2n) is 2.20. The Morgan fingerprint density at radius 2 is 2.08 bits per heavy atom. The summed E-state index contributed by atoms with van der Waals surface area (Å²) in [6.07, 6.45) is -4.40. The van der Waals surface area contributed by atoms with Crippen LogP contribution in [0, 0.1) is 0 Å². The topological polar surface area (TPSA) is 26.0 Å². The lowest BCUT2D eigenvalue weighted by Gasteiger charge is -2.13. The van der Waals surface area contributed by atoms with Crippen molar-refractivity contribution in [3.8, 4) is 0 Å². The molecule has 1 heterocycles. The zero-order valence-electron chi connectivity index (χ0n) is 5.73. The summed E-state index contributed by atoms with van der Waals surface area (Å²) < 4.78 is 36.3. The summed E-state index contributed by atoms with van der Waals surface area (Å²) in [6.45, 7) is 0. The number of hydrogen-bond acceptors (Lipinski definition) is 2. The van der Waals surface area contributed by atoms with Crippen molar-refractivity contribution in [2.24, 2.45) is 5.73 Å². The predicted octanol–water partition coefficient (Wildman–Crippen LogP) is 2.96. The van der Waals surface area contributed by atoms with Gasteiger partial charge in [-0.1, -0.05) is 11.6 Å². The van der Waals surface area contributed by atoms with Gasteiger partial charge in [-0.15, -0.1) is 11.3 Å². The first-order valence-electron chi connectivity index (χ1n) is 2.97. The summed E-state index contributed by atoms with van der Waals surface area (Å²) in [4.78, 5) is 0. The second kappa shape index (κ2) is 3.24. The van der Waals surface area contributed by atoms with Gasteiger partial charge in [-0.2, -0.15) is 13.2 Å². The number of hydrogen-bond donors (Lipinski definition) is 1. The van der Waals surface area contributed by atoms with E-state index in [0.717, 1.165) is 11.3 Å². The Bertz CT molecular complexity index is 270. The normalized spacial score (nSPS) is 14.8. The van der Waals surface area contributed by atoms with Crippen molar-refractivity contribution in [1.29, 1.82) is 0 Å². The van der Waals surface area contributed by atoms with Crippen LogP contribution in [0.5, 0.6) is 0 Å². The first kappa shape index (κ1) is 9.83. The molecule has 0 fully saturated rings. The van der Waals surface area contributed by atoms with E-state index in [1.54, 1.807) is 0 Å². The van der Waals surface area contributed by atoms with Crippen LogP contribution >= 0.6 is 22.9 Å². The summed E-state index contributed by atoms with van der Waals surface area (Å²) >= 11 is 6.48. The van der Waals surface area contributed by atoms with Crippen LogP contribution in [0.3, 0.4) is 0 Å². The van der Waals surface area contributed by atoms with Gasteiger partial charge in [0, 0.05) is 0 Å². The summed E-state index contributed by atoms with van der Waals surface area (Å²) in [7, 11) is 0. The van der Waals surface area contributed by atoms with Crippen LogP contribution in [0.1, 0.15) is 11.6 Å². The minimum atomic E-state index is -4.40. The molecule has 0 saturated heterocycles. The molecule has 0 aliphatic heterocycles. The molecule has 0 amide bonds. The molecular formula is C6H5ClF3NS. The van der Waals surface area contributed by atoms with E-state index >= 15 is 0 Å². The Kier molecular flexibility index (Phi) is 2.65. The lowest BCUT2D eigenvalue weighted by atomic mass is 10.2. The number of rotatable bonds is 1. The molecule has 68 valence electrons. The van der Waals surface area contributed by atoms with Crippen LogP contribution in [0.15, 0.2) is 11.4 Å². The highest BCUT2D eigenvalue weighted by atomic mass is 35.5. The van der Waals surface area contributed by atoms with Crippen LogP contribution in [0.4, 0.5) is 13.2 Å². The molecular weight excluding hydrogens is 211 g/mol. The van der Waals surface area contributed by atoms with Crippen LogP contribution in [0.25, 0.3) is 0 Å². The minimum Gasteiger partial charge on any atom is -0.316 e. The molecule has 0 spiro atoms. The molecule has 1 unspecified atom stereocenters. The maximum absolute atomic E-state index is 12.0. The van der Waals surface area contributed by atoms with Crippen molar-refractivity contribution < 1.29 is 13.2 Å². The van der Waals surface area contributed by atoms with Crippen molar-refractivity contribution >= 4 is 22.9 Å². The van der Waals surface area contributed by atoms with Gasteiger partial charge in [0.25, 0.3) is 0 Å². The predicted molar refractivity (Wildman–Crippen MR) is 42.3 cm³/mol. The zero-order chi connectivity index (χ0) is 9.35. The van der Waals surface area contributed by atoms with E-state index < -0.39 is 12.2 Å². The highest BCUT2D eigenvalue weighted by Crippen LogP contribution is 2.33. The average molecular weight is 216 g/mol. The number of thiophene rings is 1. The lowest BCUT2D eigenvalue weighted by Crippen LogP contribution is -2.27. The van der Waals surface area contributed by atoms with E-state index in [2.05, 4.69) is 0 Å². The first-order chi connectivity index (χ1) is 5.41. The van der Waals surface area contributed by atoms with Gasteiger partial charge in [-0.05, 0) is 17.0 Å². The largest absolute Gasteiger partial charge is 0.407 e. The lowest BCUT2D eigenvalue weighted by molar-refractivity contribution is -0.149. The first-order valence-corrected chi connectivity index (χ1v) is 4.23. The van der Waals surface area contributed by atoms with Gasteiger partial charge < -0.3 is 5.73 Å². The number of alkyl halides is 3. The fraction of sp³-hybridized carbons (Fsp3) is 0.333. The van der Waals surface area contributed by atoms with Crippen LogP contribution in [-0.4, -0.2) is 6.18 Å². The summed E-state index contributed by atoms with van der Waals surface area (Å²) in [6, 6.07) is -0.703. The highest BCUT2D eigenvalue weighted by Gasteiger charge is 2.38. The smallest absolute Gasteiger partial charge is 0.316 e. The molecule has 1 aromatic heterocycles. The average Bonchev–Trinajstić information content (AvgIpc) is 2.32. The molecule has 0 saturated carbocycles. The van der Waals surface area contributed by atoms with E-state index in [4.69, 9.17) is 17.3 Å². The molecule has 0 aliphatic carbocycles. The third-order valence-electron chi connectivity index (χ3n) is 1.30. The summed E-state index contributed by atoms with van der Waals surface area (Å²) in [5.74, 6) is 0. The van der Waals surface area contributed by atoms with Crippen LogP contribution < -0.4 is 5.73 Å². The maximum Gasteiger partial charge on any atom is 0.407 e. The molecule has 0 aliphatic rings. The molecule has 1 aromatic rings. The van der Waals surface area contributed by atoms with Gasteiger partial charge in [0.2, 0.25) is 0 Å². The number of nitrogens with two attached hydrogens (primary N) is 1. The molecule has 1 rings (SSSR count). The second-order valence-corrected chi connectivity index (χ2v) is 3.75.